The largest absolute Gasteiger partial charge is 0.440 e. The summed E-state index contributed by atoms with van der Waals surface area (Å²) >= 11 is 0. The van der Waals surface area contributed by atoms with Crippen LogP contribution in [0, 0.1) is 11.8 Å². The monoisotopic (exact) mass is 297 g/mol. The standard InChI is InChI=1S/C19H23NO2/c1-4-16-11-12-17(5-2)19(16)13-20(18(21)22-19)14(3)15-9-7-6-8-10-15/h4-10,14,16-17H,1-2,11-13H2,3H3/t14?,16-,17-/m1/s1. The lowest BCUT2D eigenvalue weighted by Gasteiger charge is -2.32. The van der Waals surface area contributed by atoms with E-state index in [1.807, 2.05) is 47.4 Å². The Labute approximate surface area is 132 Å². The summed E-state index contributed by atoms with van der Waals surface area (Å²) in [5.74, 6) is 0.403. The zero-order chi connectivity index (χ0) is 15.7. The number of rotatable bonds is 4. The van der Waals surface area contributed by atoms with E-state index in [0.717, 1.165) is 18.4 Å². The van der Waals surface area contributed by atoms with Gasteiger partial charge in [-0.2, -0.15) is 0 Å². The first kappa shape index (κ1) is 14.9. The van der Waals surface area contributed by atoms with Gasteiger partial charge in [0.2, 0.25) is 0 Å². The van der Waals surface area contributed by atoms with Crippen molar-refractivity contribution in [2.24, 2.45) is 11.8 Å². The van der Waals surface area contributed by atoms with Crippen LogP contribution < -0.4 is 0 Å². The van der Waals surface area contributed by atoms with Gasteiger partial charge in [0, 0.05) is 11.8 Å². The minimum atomic E-state index is -0.483. The fourth-order valence-electron chi connectivity index (χ4n) is 3.93. The average molecular weight is 297 g/mol. The molecule has 1 spiro atoms. The second-order valence-electron chi connectivity index (χ2n) is 6.30. The van der Waals surface area contributed by atoms with Crippen LogP contribution in [-0.4, -0.2) is 23.1 Å². The van der Waals surface area contributed by atoms with E-state index < -0.39 is 5.60 Å². The number of amides is 1. The number of hydrogen-bond donors (Lipinski definition) is 0. The first-order chi connectivity index (χ1) is 10.6. The van der Waals surface area contributed by atoms with E-state index in [1.54, 1.807) is 0 Å². The van der Waals surface area contributed by atoms with E-state index >= 15 is 0 Å². The van der Waals surface area contributed by atoms with Gasteiger partial charge in [-0.3, -0.25) is 4.90 Å². The van der Waals surface area contributed by atoms with Crippen molar-refractivity contribution in [2.45, 2.75) is 31.4 Å². The quantitative estimate of drug-likeness (QED) is 0.774. The highest BCUT2D eigenvalue weighted by atomic mass is 16.6. The van der Waals surface area contributed by atoms with Crippen molar-refractivity contribution in [1.29, 1.82) is 0 Å². The van der Waals surface area contributed by atoms with Gasteiger partial charge < -0.3 is 4.74 Å². The molecular formula is C19H23NO2. The van der Waals surface area contributed by atoms with Gasteiger partial charge in [-0.15, -0.1) is 13.2 Å². The number of nitrogens with zero attached hydrogens (tertiary/aromatic N) is 1. The van der Waals surface area contributed by atoms with Crippen LogP contribution in [0.2, 0.25) is 0 Å². The van der Waals surface area contributed by atoms with Gasteiger partial charge >= 0.3 is 6.09 Å². The van der Waals surface area contributed by atoms with Crippen LogP contribution in [-0.2, 0) is 4.74 Å². The first-order valence-corrected chi connectivity index (χ1v) is 7.92. The molecular weight excluding hydrogens is 274 g/mol. The molecule has 1 aliphatic heterocycles. The molecule has 0 N–H and O–H groups in total. The maximum absolute atomic E-state index is 12.5. The molecule has 1 saturated carbocycles. The third kappa shape index (κ3) is 2.16. The molecule has 2 aliphatic rings. The second kappa shape index (κ2) is 5.64. The van der Waals surface area contributed by atoms with Crippen molar-refractivity contribution in [3.05, 3.63) is 61.2 Å². The van der Waals surface area contributed by atoms with E-state index in [0.29, 0.717) is 6.54 Å². The molecule has 1 saturated heterocycles. The molecule has 0 bridgehead atoms. The summed E-state index contributed by atoms with van der Waals surface area (Å²) in [5.41, 5.74) is 0.642. The summed E-state index contributed by atoms with van der Waals surface area (Å²) in [5, 5.41) is 0. The van der Waals surface area contributed by atoms with Crippen LogP contribution in [0.15, 0.2) is 55.6 Å². The summed E-state index contributed by atoms with van der Waals surface area (Å²) < 4.78 is 5.92. The molecule has 2 fully saturated rings. The zero-order valence-electron chi connectivity index (χ0n) is 13.1. The maximum atomic E-state index is 12.5. The molecule has 3 rings (SSSR count). The molecule has 1 heterocycles. The van der Waals surface area contributed by atoms with Crippen molar-refractivity contribution >= 4 is 6.09 Å². The Hall–Kier alpha value is -2.03. The van der Waals surface area contributed by atoms with Crippen LogP contribution in [0.1, 0.15) is 31.4 Å². The fraction of sp³-hybridized carbons (Fsp3) is 0.421. The molecule has 1 aromatic rings. The Bertz CT molecular complexity index is 564. The average Bonchev–Trinajstić information content (AvgIpc) is 3.07. The predicted octanol–water partition coefficient (Wildman–Crippen LogP) is 4.34. The number of carbonyl (C=O) groups excluding carboxylic acids is 1. The van der Waals surface area contributed by atoms with E-state index in [4.69, 9.17) is 4.74 Å². The van der Waals surface area contributed by atoms with Crippen molar-refractivity contribution in [2.75, 3.05) is 6.54 Å². The minimum absolute atomic E-state index is 0.00426. The summed E-state index contributed by atoms with van der Waals surface area (Å²) in [7, 11) is 0. The number of ether oxygens (including phenoxy) is 1. The van der Waals surface area contributed by atoms with Gasteiger partial charge in [-0.05, 0) is 25.3 Å². The Morgan fingerprint density at radius 3 is 2.36 bits per heavy atom. The van der Waals surface area contributed by atoms with Crippen molar-refractivity contribution in [3.63, 3.8) is 0 Å². The lowest BCUT2D eigenvalue weighted by Crippen LogP contribution is -2.43. The predicted molar refractivity (Wildman–Crippen MR) is 87.4 cm³/mol. The molecule has 0 aromatic heterocycles. The first-order valence-electron chi connectivity index (χ1n) is 7.92. The molecule has 3 atom stereocenters. The van der Waals surface area contributed by atoms with Gasteiger partial charge in [0.15, 0.2) is 0 Å². The highest BCUT2D eigenvalue weighted by Gasteiger charge is 2.57. The lowest BCUT2D eigenvalue weighted by molar-refractivity contribution is 0.0172. The SMILES string of the molecule is C=C[C@@H]1CC[C@@H](C=C)C12CN(C(C)c1ccccc1)C(=O)O2. The Morgan fingerprint density at radius 1 is 1.23 bits per heavy atom. The van der Waals surface area contributed by atoms with Crippen molar-refractivity contribution in [1.82, 2.24) is 4.90 Å². The van der Waals surface area contributed by atoms with E-state index in [2.05, 4.69) is 20.1 Å². The second-order valence-corrected chi connectivity index (χ2v) is 6.30. The molecule has 3 heteroatoms. The van der Waals surface area contributed by atoms with Gasteiger partial charge in [0.1, 0.15) is 5.60 Å². The van der Waals surface area contributed by atoms with Gasteiger partial charge in [-0.1, -0.05) is 42.5 Å². The summed E-state index contributed by atoms with van der Waals surface area (Å²) in [6.07, 6.45) is 5.65. The van der Waals surface area contributed by atoms with Crippen LogP contribution in [0.5, 0.6) is 0 Å². The number of hydrogen-bond acceptors (Lipinski definition) is 2. The summed E-state index contributed by atoms with van der Waals surface area (Å²) in [6, 6.07) is 10.1. The van der Waals surface area contributed by atoms with Gasteiger partial charge in [0.05, 0.1) is 12.6 Å². The van der Waals surface area contributed by atoms with E-state index in [9.17, 15) is 4.79 Å². The Morgan fingerprint density at radius 2 is 1.82 bits per heavy atom. The zero-order valence-corrected chi connectivity index (χ0v) is 13.1. The van der Waals surface area contributed by atoms with Crippen LogP contribution in [0.25, 0.3) is 0 Å². The van der Waals surface area contributed by atoms with E-state index in [1.165, 1.54) is 0 Å². The van der Waals surface area contributed by atoms with E-state index in [-0.39, 0.29) is 24.0 Å². The molecule has 0 radical (unpaired) electrons. The topological polar surface area (TPSA) is 29.5 Å². The van der Waals surface area contributed by atoms with Crippen LogP contribution in [0.3, 0.4) is 0 Å². The fourth-order valence-corrected chi connectivity index (χ4v) is 3.93. The molecule has 116 valence electrons. The third-order valence-corrected chi connectivity index (χ3v) is 5.29. The van der Waals surface area contributed by atoms with Crippen molar-refractivity contribution in [3.8, 4) is 0 Å². The normalized spacial score (nSPS) is 27.7. The van der Waals surface area contributed by atoms with Crippen molar-refractivity contribution < 1.29 is 9.53 Å². The smallest absolute Gasteiger partial charge is 0.411 e. The molecule has 22 heavy (non-hydrogen) atoms. The van der Waals surface area contributed by atoms with Crippen LogP contribution >= 0.6 is 0 Å². The molecule has 3 nitrogen and oxygen atoms in total. The molecule has 1 aromatic carbocycles. The summed E-state index contributed by atoms with van der Waals surface area (Å²) in [6.45, 7) is 10.5. The lowest BCUT2D eigenvalue weighted by atomic mass is 9.83. The third-order valence-electron chi connectivity index (χ3n) is 5.29. The Balaban J connectivity index is 1.89. The maximum Gasteiger partial charge on any atom is 0.411 e. The highest BCUT2D eigenvalue weighted by Crippen LogP contribution is 2.49. The summed E-state index contributed by atoms with van der Waals surface area (Å²) in [4.78, 5) is 14.3. The minimum Gasteiger partial charge on any atom is -0.440 e. The molecule has 1 aliphatic carbocycles. The number of carbonyl (C=O) groups is 1. The molecule has 1 unspecified atom stereocenters. The Kier molecular flexibility index (Phi) is 3.81. The highest BCUT2D eigenvalue weighted by molar-refractivity contribution is 5.72. The van der Waals surface area contributed by atoms with Crippen LogP contribution in [0.4, 0.5) is 4.79 Å². The van der Waals surface area contributed by atoms with Gasteiger partial charge in [0.25, 0.3) is 0 Å². The van der Waals surface area contributed by atoms with Gasteiger partial charge in [-0.25, -0.2) is 4.79 Å². The molecule has 1 amide bonds. The number of benzene rings is 1.